The lowest BCUT2D eigenvalue weighted by molar-refractivity contribution is -0.116. The summed E-state index contributed by atoms with van der Waals surface area (Å²) in [6.45, 7) is 4.07. The normalized spacial score (nSPS) is 13.5. The lowest BCUT2D eigenvalue weighted by atomic mass is 10.2. The van der Waals surface area contributed by atoms with E-state index in [1.54, 1.807) is 18.2 Å². The molecular weight excluding hydrogens is 280 g/mol. The second-order valence-corrected chi connectivity index (χ2v) is 5.29. The lowest BCUT2D eigenvalue weighted by Gasteiger charge is -2.15. The molecule has 22 heavy (non-hydrogen) atoms. The molecule has 0 spiro atoms. The highest BCUT2D eigenvalue weighted by Crippen LogP contribution is 2.34. The third-order valence-electron chi connectivity index (χ3n) is 3.47. The molecule has 0 fully saturated rings. The molecule has 5 nitrogen and oxygen atoms in total. The first-order chi connectivity index (χ1) is 10.6. The molecule has 1 heterocycles. The number of amides is 1. The third kappa shape index (κ3) is 3.14. The number of fused-ring (bicyclic) bond motifs is 1. The number of hydrogen-bond acceptors (Lipinski definition) is 4. The van der Waals surface area contributed by atoms with Gasteiger partial charge in [-0.2, -0.15) is 0 Å². The predicted octanol–water partition coefficient (Wildman–Crippen LogP) is 3.16. The van der Waals surface area contributed by atoms with Crippen molar-refractivity contribution in [3.63, 3.8) is 0 Å². The molecule has 2 aromatic rings. The molecule has 0 saturated carbocycles. The quantitative estimate of drug-likeness (QED) is 0.910. The molecule has 0 radical (unpaired) electrons. The van der Waals surface area contributed by atoms with Gasteiger partial charge in [0.1, 0.15) is 6.04 Å². The van der Waals surface area contributed by atoms with Crippen LogP contribution in [0.15, 0.2) is 42.5 Å². The molecule has 1 atom stereocenters. The molecule has 2 N–H and O–H groups in total. The van der Waals surface area contributed by atoms with E-state index in [1.165, 1.54) is 5.56 Å². The summed E-state index contributed by atoms with van der Waals surface area (Å²) >= 11 is 0. The molecular formula is C17H18N2O3. The highest BCUT2D eigenvalue weighted by Gasteiger charge is 2.16. The first-order valence-electron chi connectivity index (χ1n) is 7.15. The van der Waals surface area contributed by atoms with Gasteiger partial charge >= 0.3 is 0 Å². The molecule has 1 aliphatic heterocycles. The van der Waals surface area contributed by atoms with Gasteiger partial charge < -0.3 is 20.1 Å². The van der Waals surface area contributed by atoms with Crippen molar-refractivity contribution in [1.82, 2.24) is 0 Å². The first-order valence-corrected chi connectivity index (χ1v) is 7.15. The van der Waals surface area contributed by atoms with Crippen LogP contribution in [0.25, 0.3) is 0 Å². The third-order valence-corrected chi connectivity index (χ3v) is 3.47. The number of rotatable bonds is 4. The van der Waals surface area contributed by atoms with Crippen LogP contribution in [0.1, 0.15) is 12.5 Å². The van der Waals surface area contributed by atoms with Crippen LogP contribution in [0.5, 0.6) is 11.5 Å². The number of anilines is 2. The van der Waals surface area contributed by atoms with Gasteiger partial charge in [-0.3, -0.25) is 4.79 Å². The van der Waals surface area contributed by atoms with E-state index in [9.17, 15) is 4.79 Å². The van der Waals surface area contributed by atoms with Gasteiger partial charge in [-0.05, 0) is 38.1 Å². The summed E-state index contributed by atoms with van der Waals surface area (Å²) < 4.78 is 10.5. The largest absolute Gasteiger partial charge is 0.454 e. The first kappa shape index (κ1) is 14.3. The van der Waals surface area contributed by atoms with Gasteiger partial charge in [0, 0.05) is 17.4 Å². The number of aryl methyl sites for hydroxylation is 1. The molecule has 0 aliphatic carbocycles. The maximum absolute atomic E-state index is 12.2. The van der Waals surface area contributed by atoms with Crippen LogP contribution >= 0.6 is 0 Å². The van der Waals surface area contributed by atoms with Gasteiger partial charge in [-0.15, -0.1) is 0 Å². The lowest BCUT2D eigenvalue weighted by Crippen LogP contribution is -2.31. The van der Waals surface area contributed by atoms with Gasteiger partial charge in [-0.1, -0.05) is 17.7 Å². The Balaban J connectivity index is 1.62. The number of carbonyl (C=O) groups excluding carboxylic acids is 1. The zero-order valence-electron chi connectivity index (χ0n) is 12.6. The van der Waals surface area contributed by atoms with Gasteiger partial charge in [0.25, 0.3) is 0 Å². The fourth-order valence-corrected chi connectivity index (χ4v) is 2.19. The second-order valence-electron chi connectivity index (χ2n) is 5.29. The Labute approximate surface area is 129 Å². The second kappa shape index (κ2) is 5.97. The number of hydrogen-bond donors (Lipinski definition) is 2. The molecule has 2 aromatic carbocycles. The Morgan fingerprint density at radius 2 is 1.73 bits per heavy atom. The van der Waals surface area contributed by atoms with E-state index < -0.39 is 0 Å². The highest BCUT2D eigenvalue weighted by atomic mass is 16.7. The summed E-state index contributed by atoms with van der Waals surface area (Å²) in [6, 6.07) is 12.9. The van der Waals surface area contributed by atoms with Crippen molar-refractivity contribution in [1.29, 1.82) is 0 Å². The molecule has 0 saturated heterocycles. The Hall–Kier alpha value is -2.69. The minimum absolute atomic E-state index is 0.112. The molecule has 3 rings (SSSR count). The molecule has 0 bridgehead atoms. The fraction of sp³-hybridized carbons (Fsp3) is 0.235. The van der Waals surface area contributed by atoms with E-state index in [-0.39, 0.29) is 18.7 Å². The smallest absolute Gasteiger partial charge is 0.246 e. The monoisotopic (exact) mass is 298 g/mol. The minimum Gasteiger partial charge on any atom is -0.454 e. The molecule has 1 amide bonds. The van der Waals surface area contributed by atoms with Gasteiger partial charge in [0.2, 0.25) is 12.7 Å². The Kier molecular flexibility index (Phi) is 3.87. The predicted molar refractivity (Wildman–Crippen MR) is 85.5 cm³/mol. The van der Waals surface area contributed by atoms with Gasteiger partial charge in [-0.25, -0.2) is 0 Å². The van der Waals surface area contributed by atoms with Crippen LogP contribution in [0.4, 0.5) is 11.4 Å². The summed E-state index contributed by atoms with van der Waals surface area (Å²) in [4.78, 5) is 12.2. The summed E-state index contributed by atoms with van der Waals surface area (Å²) in [5.74, 6) is 1.24. The standard InChI is InChI=1S/C17H18N2O3/c1-11-3-5-13(6-4-11)18-12(2)17(20)19-14-7-8-15-16(9-14)22-10-21-15/h3-9,12,18H,10H2,1-2H3,(H,19,20)/t12-/m1/s1. The highest BCUT2D eigenvalue weighted by molar-refractivity contribution is 5.96. The van der Waals surface area contributed by atoms with Crippen LogP contribution in [0.2, 0.25) is 0 Å². The van der Waals surface area contributed by atoms with Crippen LogP contribution < -0.4 is 20.1 Å². The topological polar surface area (TPSA) is 59.6 Å². The van der Waals surface area contributed by atoms with Crippen LogP contribution in [-0.4, -0.2) is 18.7 Å². The number of ether oxygens (including phenoxy) is 2. The van der Waals surface area contributed by atoms with Crippen LogP contribution in [-0.2, 0) is 4.79 Å². The van der Waals surface area contributed by atoms with E-state index >= 15 is 0 Å². The van der Waals surface area contributed by atoms with Crippen molar-refractivity contribution in [3.05, 3.63) is 48.0 Å². The minimum atomic E-state index is -0.354. The molecule has 0 unspecified atom stereocenters. The maximum atomic E-state index is 12.2. The van der Waals surface area contributed by atoms with Crippen molar-refractivity contribution in [2.75, 3.05) is 17.4 Å². The van der Waals surface area contributed by atoms with E-state index in [1.807, 2.05) is 38.1 Å². The maximum Gasteiger partial charge on any atom is 0.246 e. The van der Waals surface area contributed by atoms with Crippen molar-refractivity contribution in [3.8, 4) is 11.5 Å². The number of nitrogens with one attached hydrogen (secondary N) is 2. The summed E-state index contributed by atoms with van der Waals surface area (Å²) in [7, 11) is 0. The fourth-order valence-electron chi connectivity index (χ4n) is 2.19. The molecule has 5 heteroatoms. The van der Waals surface area contributed by atoms with Gasteiger partial charge in [0.05, 0.1) is 0 Å². The van der Waals surface area contributed by atoms with E-state index in [2.05, 4.69) is 10.6 Å². The zero-order valence-corrected chi connectivity index (χ0v) is 12.6. The number of benzene rings is 2. The van der Waals surface area contributed by atoms with Crippen molar-refractivity contribution < 1.29 is 14.3 Å². The summed E-state index contributed by atoms with van der Waals surface area (Å²) in [5.41, 5.74) is 2.79. The Bertz CT molecular complexity index is 683. The number of carbonyl (C=O) groups is 1. The molecule has 114 valence electrons. The van der Waals surface area contributed by atoms with Crippen LogP contribution in [0.3, 0.4) is 0 Å². The average molecular weight is 298 g/mol. The average Bonchev–Trinajstić information content (AvgIpc) is 2.97. The van der Waals surface area contributed by atoms with Crippen molar-refractivity contribution in [2.45, 2.75) is 19.9 Å². The van der Waals surface area contributed by atoms with Crippen molar-refractivity contribution in [2.24, 2.45) is 0 Å². The summed E-state index contributed by atoms with van der Waals surface area (Å²) in [5, 5.41) is 6.04. The SMILES string of the molecule is Cc1ccc(N[C@H](C)C(=O)Nc2ccc3c(c2)OCO3)cc1. The van der Waals surface area contributed by atoms with E-state index in [4.69, 9.17) is 9.47 Å². The van der Waals surface area contributed by atoms with Gasteiger partial charge in [0.15, 0.2) is 11.5 Å². The van der Waals surface area contributed by atoms with E-state index in [0.29, 0.717) is 17.2 Å². The van der Waals surface area contributed by atoms with E-state index in [0.717, 1.165) is 5.69 Å². The van der Waals surface area contributed by atoms with Crippen molar-refractivity contribution >= 4 is 17.3 Å². The zero-order chi connectivity index (χ0) is 15.5. The van der Waals surface area contributed by atoms with Crippen LogP contribution in [0, 0.1) is 6.92 Å². The molecule has 0 aromatic heterocycles. The molecule has 1 aliphatic rings. The summed E-state index contributed by atoms with van der Waals surface area (Å²) in [6.07, 6.45) is 0. The Morgan fingerprint density at radius 1 is 1.05 bits per heavy atom. The Morgan fingerprint density at radius 3 is 2.50 bits per heavy atom.